The smallest absolute Gasteiger partial charge is 0.344 e. The summed E-state index contributed by atoms with van der Waals surface area (Å²) in [6, 6.07) is 4.66. The highest BCUT2D eigenvalue weighted by Crippen LogP contribution is 2.33. The third kappa shape index (κ3) is 3.01. The highest BCUT2D eigenvalue weighted by Gasteiger charge is 2.38. The zero-order chi connectivity index (χ0) is 11.8. The monoisotopic (exact) mass is 250 g/mol. The van der Waals surface area contributed by atoms with E-state index in [9.17, 15) is 13.2 Å². The Morgan fingerprint density at radius 2 is 2.06 bits per heavy atom. The van der Waals surface area contributed by atoms with Crippen LogP contribution < -0.4 is 4.90 Å². The molecular weight excluding hydrogens is 241 g/mol. The predicted octanol–water partition coefficient (Wildman–Crippen LogP) is 3.27. The van der Waals surface area contributed by atoms with Crippen LogP contribution in [0.4, 0.5) is 19.0 Å². The molecule has 0 atom stereocenters. The Morgan fingerprint density at radius 3 is 2.56 bits per heavy atom. The van der Waals surface area contributed by atoms with Gasteiger partial charge in [-0.2, -0.15) is 13.2 Å². The lowest BCUT2D eigenvalue weighted by atomic mass is 10.4. The topological polar surface area (TPSA) is 16.1 Å². The van der Waals surface area contributed by atoms with Crippen molar-refractivity contribution in [2.24, 2.45) is 0 Å². The summed E-state index contributed by atoms with van der Waals surface area (Å²) in [5, 5.41) is 0.213. The third-order valence-corrected chi connectivity index (χ3v) is 2.54. The molecule has 0 aliphatic heterocycles. The molecule has 1 aliphatic rings. The van der Waals surface area contributed by atoms with Crippen LogP contribution in [0, 0.1) is 0 Å². The molecule has 0 amide bonds. The van der Waals surface area contributed by atoms with E-state index < -0.39 is 12.7 Å². The number of hydrogen-bond acceptors (Lipinski definition) is 2. The largest absolute Gasteiger partial charge is 0.405 e. The molecule has 16 heavy (non-hydrogen) atoms. The van der Waals surface area contributed by atoms with Gasteiger partial charge in [0, 0.05) is 6.04 Å². The Balaban J connectivity index is 2.19. The number of anilines is 1. The van der Waals surface area contributed by atoms with Gasteiger partial charge in [-0.3, -0.25) is 0 Å². The van der Waals surface area contributed by atoms with Crippen molar-refractivity contribution in [3.05, 3.63) is 23.4 Å². The first kappa shape index (κ1) is 11.5. The molecule has 0 bridgehead atoms. The molecule has 0 saturated heterocycles. The minimum atomic E-state index is -4.22. The molecule has 2 rings (SSSR count). The maximum Gasteiger partial charge on any atom is 0.405 e. The first-order chi connectivity index (χ1) is 7.46. The molecule has 1 fully saturated rings. The first-order valence-electron chi connectivity index (χ1n) is 4.92. The lowest BCUT2D eigenvalue weighted by Gasteiger charge is -2.24. The fourth-order valence-electron chi connectivity index (χ4n) is 1.53. The van der Waals surface area contributed by atoms with E-state index in [1.807, 2.05) is 0 Å². The van der Waals surface area contributed by atoms with Crippen molar-refractivity contribution < 1.29 is 13.2 Å². The highest BCUT2D eigenvalue weighted by atomic mass is 35.5. The van der Waals surface area contributed by atoms with Gasteiger partial charge in [-0.1, -0.05) is 17.7 Å². The van der Waals surface area contributed by atoms with Crippen molar-refractivity contribution in [3.8, 4) is 0 Å². The quantitative estimate of drug-likeness (QED) is 0.766. The summed E-state index contributed by atoms with van der Waals surface area (Å²) in [5.74, 6) is 0.298. The van der Waals surface area contributed by atoms with Crippen LogP contribution in [0.1, 0.15) is 12.8 Å². The van der Waals surface area contributed by atoms with Crippen molar-refractivity contribution in [2.45, 2.75) is 25.1 Å². The molecule has 0 N–H and O–H groups in total. The van der Waals surface area contributed by atoms with Gasteiger partial charge in [0.1, 0.15) is 17.5 Å². The molecular formula is C10H10ClF3N2. The molecule has 1 heterocycles. The molecule has 2 nitrogen and oxygen atoms in total. The summed E-state index contributed by atoms with van der Waals surface area (Å²) in [4.78, 5) is 5.18. The van der Waals surface area contributed by atoms with Crippen molar-refractivity contribution in [3.63, 3.8) is 0 Å². The van der Waals surface area contributed by atoms with Crippen LogP contribution in [-0.2, 0) is 0 Å². The summed E-state index contributed by atoms with van der Waals surface area (Å²) in [5.41, 5.74) is 0. The van der Waals surface area contributed by atoms with Gasteiger partial charge in [-0.05, 0) is 25.0 Å². The van der Waals surface area contributed by atoms with Crippen molar-refractivity contribution in [1.82, 2.24) is 4.98 Å². The lowest BCUT2D eigenvalue weighted by molar-refractivity contribution is -0.120. The fourth-order valence-corrected chi connectivity index (χ4v) is 1.69. The molecule has 0 aromatic carbocycles. The predicted molar refractivity (Wildman–Crippen MR) is 55.7 cm³/mol. The lowest BCUT2D eigenvalue weighted by Crippen LogP contribution is -2.36. The Kier molecular flexibility index (Phi) is 2.97. The van der Waals surface area contributed by atoms with Crippen LogP contribution in [-0.4, -0.2) is 23.7 Å². The van der Waals surface area contributed by atoms with E-state index in [4.69, 9.17) is 11.6 Å². The van der Waals surface area contributed by atoms with Gasteiger partial charge in [-0.25, -0.2) is 4.98 Å². The molecule has 6 heteroatoms. The summed E-state index contributed by atoms with van der Waals surface area (Å²) >= 11 is 5.67. The Hall–Kier alpha value is -0.970. The second-order valence-electron chi connectivity index (χ2n) is 3.79. The molecule has 1 aromatic heterocycles. The second kappa shape index (κ2) is 4.13. The van der Waals surface area contributed by atoms with E-state index in [0.717, 1.165) is 12.8 Å². The number of aromatic nitrogens is 1. The summed E-state index contributed by atoms with van der Waals surface area (Å²) in [7, 11) is 0. The normalized spacial score (nSPS) is 16.2. The van der Waals surface area contributed by atoms with E-state index in [1.165, 1.54) is 4.90 Å². The van der Waals surface area contributed by atoms with Crippen molar-refractivity contribution in [1.29, 1.82) is 0 Å². The average Bonchev–Trinajstić information content (AvgIpc) is 2.96. The zero-order valence-corrected chi connectivity index (χ0v) is 9.09. The van der Waals surface area contributed by atoms with E-state index in [-0.39, 0.29) is 11.2 Å². The van der Waals surface area contributed by atoms with Crippen LogP contribution in [0.3, 0.4) is 0 Å². The van der Waals surface area contributed by atoms with Gasteiger partial charge < -0.3 is 4.90 Å². The van der Waals surface area contributed by atoms with Crippen LogP contribution in [0.15, 0.2) is 18.2 Å². The number of pyridine rings is 1. The molecule has 1 saturated carbocycles. The number of alkyl halides is 3. The van der Waals surface area contributed by atoms with Crippen LogP contribution in [0.2, 0.25) is 5.15 Å². The number of nitrogens with zero attached hydrogens (tertiary/aromatic N) is 2. The fraction of sp³-hybridized carbons (Fsp3) is 0.500. The first-order valence-corrected chi connectivity index (χ1v) is 5.29. The number of halogens is 4. The zero-order valence-electron chi connectivity index (χ0n) is 8.34. The third-order valence-electron chi connectivity index (χ3n) is 2.33. The maximum absolute atomic E-state index is 12.4. The van der Waals surface area contributed by atoms with Crippen molar-refractivity contribution >= 4 is 17.4 Å². The minimum Gasteiger partial charge on any atom is -0.344 e. The molecule has 1 aliphatic carbocycles. The Morgan fingerprint density at radius 1 is 1.38 bits per heavy atom. The Bertz CT molecular complexity index is 377. The maximum atomic E-state index is 12.4. The van der Waals surface area contributed by atoms with Crippen LogP contribution in [0.5, 0.6) is 0 Å². The number of hydrogen-bond donors (Lipinski definition) is 0. The van der Waals surface area contributed by atoms with Crippen molar-refractivity contribution in [2.75, 3.05) is 11.4 Å². The SMILES string of the molecule is FC(F)(F)CN(c1cccc(Cl)n1)C1CC1. The highest BCUT2D eigenvalue weighted by molar-refractivity contribution is 6.29. The summed E-state index contributed by atoms with van der Waals surface area (Å²) in [6.07, 6.45) is -2.65. The van der Waals surface area contributed by atoms with Gasteiger partial charge in [0.25, 0.3) is 0 Å². The molecule has 0 unspecified atom stereocenters. The van der Waals surface area contributed by atoms with E-state index in [1.54, 1.807) is 18.2 Å². The summed E-state index contributed by atoms with van der Waals surface area (Å²) in [6.45, 7) is -0.967. The molecule has 88 valence electrons. The molecule has 0 radical (unpaired) electrons. The van der Waals surface area contributed by atoms with Crippen LogP contribution >= 0.6 is 11.6 Å². The van der Waals surface area contributed by atoms with E-state index in [0.29, 0.717) is 5.82 Å². The van der Waals surface area contributed by atoms with Gasteiger partial charge in [0.15, 0.2) is 0 Å². The van der Waals surface area contributed by atoms with E-state index >= 15 is 0 Å². The van der Waals surface area contributed by atoms with Gasteiger partial charge in [0.05, 0.1) is 0 Å². The second-order valence-corrected chi connectivity index (χ2v) is 4.18. The van der Waals surface area contributed by atoms with E-state index in [2.05, 4.69) is 4.98 Å². The van der Waals surface area contributed by atoms with Gasteiger partial charge in [0.2, 0.25) is 0 Å². The molecule has 0 spiro atoms. The number of rotatable bonds is 3. The summed E-state index contributed by atoms with van der Waals surface area (Å²) < 4.78 is 37.1. The average molecular weight is 251 g/mol. The van der Waals surface area contributed by atoms with Gasteiger partial charge >= 0.3 is 6.18 Å². The molecule has 1 aromatic rings. The Labute approximate surface area is 96.0 Å². The standard InChI is InChI=1S/C10H10ClF3N2/c11-8-2-1-3-9(15-8)16(7-4-5-7)6-10(12,13)14/h1-3,7H,4-6H2. The van der Waals surface area contributed by atoms with Crippen LogP contribution in [0.25, 0.3) is 0 Å². The minimum absolute atomic E-state index is 0.0485. The van der Waals surface area contributed by atoms with Gasteiger partial charge in [-0.15, -0.1) is 0 Å².